The van der Waals surface area contributed by atoms with E-state index in [-0.39, 0.29) is 12.6 Å². The minimum absolute atomic E-state index is 0.132. The van der Waals surface area contributed by atoms with Gasteiger partial charge in [0, 0.05) is 11.0 Å². The summed E-state index contributed by atoms with van der Waals surface area (Å²) in [5, 5.41) is 12.2. The van der Waals surface area contributed by atoms with Crippen LogP contribution in [0.25, 0.3) is 0 Å². The third-order valence-electron chi connectivity index (χ3n) is 2.20. The Morgan fingerprint density at radius 1 is 1.58 bits per heavy atom. The standard InChI is InChI=1S/C9H10BrNO/c10-7-1-2-8-6(3-7)4-11-9(8)5-12/h1-3,9,11-12H,4-5H2/t9-/m0/s1. The second-order valence-electron chi connectivity index (χ2n) is 2.96. The quantitative estimate of drug-likeness (QED) is 0.764. The number of hydrogen-bond donors (Lipinski definition) is 2. The van der Waals surface area contributed by atoms with Crippen molar-refractivity contribution in [3.8, 4) is 0 Å². The van der Waals surface area contributed by atoms with Crippen molar-refractivity contribution >= 4 is 15.9 Å². The summed E-state index contributed by atoms with van der Waals surface area (Å²) >= 11 is 3.42. The van der Waals surface area contributed by atoms with Crippen LogP contribution in [0, 0.1) is 0 Å². The molecule has 0 radical (unpaired) electrons. The van der Waals surface area contributed by atoms with E-state index in [1.54, 1.807) is 0 Å². The molecular formula is C9H10BrNO. The highest BCUT2D eigenvalue weighted by molar-refractivity contribution is 9.10. The van der Waals surface area contributed by atoms with Gasteiger partial charge in [-0.1, -0.05) is 22.0 Å². The van der Waals surface area contributed by atoms with Gasteiger partial charge in [-0.25, -0.2) is 0 Å². The number of nitrogens with one attached hydrogen (secondary N) is 1. The van der Waals surface area contributed by atoms with E-state index in [1.165, 1.54) is 11.1 Å². The summed E-state index contributed by atoms with van der Waals surface area (Å²) in [6.07, 6.45) is 0. The zero-order valence-electron chi connectivity index (χ0n) is 6.55. The van der Waals surface area contributed by atoms with Crippen LogP contribution in [-0.4, -0.2) is 11.7 Å². The summed E-state index contributed by atoms with van der Waals surface area (Å²) in [6, 6.07) is 6.29. The lowest BCUT2D eigenvalue weighted by Crippen LogP contribution is -2.15. The molecule has 0 bridgehead atoms. The average molecular weight is 228 g/mol. The zero-order valence-corrected chi connectivity index (χ0v) is 8.13. The van der Waals surface area contributed by atoms with Gasteiger partial charge < -0.3 is 10.4 Å². The Balaban J connectivity index is 2.40. The van der Waals surface area contributed by atoms with Gasteiger partial charge in [0.15, 0.2) is 0 Å². The van der Waals surface area contributed by atoms with E-state index in [2.05, 4.69) is 33.4 Å². The predicted octanol–water partition coefficient (Wildman–Crippen LogP) is 1.59. The summed E-state index contributed by atoms with van der Waals surface area (Å²) in [5.41, 5.74) is 2.50. The van der Waals surface area contributed by atoms with Gasteiger partial charge >= 0.3 is 0 Å². The third-order valence-corrected chi connectivity index (χ3v) is 2.70. The van der Waals surface area contributed by atoms with E-state index in [0.717, 1.165) is 11.0 Å². The lowest BCUT2D eigenvalue weighted by molar-refractivity contribution is 0.251. The first kappa shape index (κ1) is 8.23. The van der Waals surface area contributed by atoms with Gasteiger partial charge in [-0.2, -0.15) is 0 Å². The number of halogens is 1. The minimum atomic E-state index is 0.132. The summed E-state index contributed by atoms with van der Waals surface area (Å²) in [4.78, 5) is 0. The first-order chi connectivity index (χ1) is 5.81. The fraction of sp³-hybridized carbons (Fsp3) is 0.333. The molecule has 1 aliphatic rings. The van der Waals surface area contributed by atoms with Crippen molar-refractivity contribution in [2.24, 2.45) is 0 Å². The molecule has 0 aromatic heterocycles. The van der Waals surface area contributed by atoms with Crippen molar-refractivity contribution < 1.29 is 5.11 Å². The molecule has 1 aromatic rings. The fourth-order valence-electron chi connectivity index (χ4n) is 1.57. The van der Waals surface area contributed by atoms with E-state index >= 15 is 0 Å². The van der Waals surface area contributed by atoms with E-state index in [9.17, 15) is 0 Å². The van der Waals surface area contributed by atoms with Crippen LogP contribution in [-0.2, 0) is 6.54 Å². The maximum Gasteiger partial charge on any atom is 0.0626 e. The van der Waals surface area contributed by atoms with Gasteiger partial charge in [0.2, 0.25) is 0 Å². The Bertz CT molecular complexity index is 301. The molecule has 0 fully saturated rings. The van der Waals surface area contributed by atoms with E-state index in [0.29, 0.717) is 0 Å². The summed E-state index contributed by atoms with van der Waals surface area (Å²) in [5.74, 6) is 0. The van der Waals surface area contributed by atoms with Gasteiger partial charge in [-0.05, 0) is 23.3 Å². The Hall–Kier alpha value is -0.380. The van der Waals surface area contributed by atoms with Crippen molar-refractivity contribution in [3.63, 3.8) is 0 Å². The van der Waals surface area contributed by atoms with Crippen molar-refractivity contribution in [2.45, 2.75) is 12.6 Å². The van der Waals surface area contributed by atoms with Crippen molar-refractivity contribution in [3.05, 3.63) is 33.8 Å². The molecule has 0 saturated carbocycles. The van der Waals surface area contributed by atoms with Crippen LogP contribution >= 0.6 is 15.9 Å². The molecule has 2 nitrogen and oxygen atoms in total. The number of aliphatic hydroxyl groups is 1. The van der Waals surface area contributed by atoms with Crippen LogP contribution in [0.5, 0.6) is 0 Å². The molecule has 64 valence electrons. The van der Waals surface area contributed by atoms with Crippen LogP contribution in [0.4, 0.5) is 0 Å². The second kappa shape index (κ2) is 3.17. The number of benzene rings is 1. The lowest BCUT2D eigenvalue weighted by atomic mass is 10.1. The Morgan fingerprint density at radius 2 is 2.42 bits per heavy atom. The summed E-state index contributed by atoms with van der Waals surface area (Å²) < 4.78 is 1.10. The second-order valence-corrected chi connectivity index (χ2v) is 3.87. The van der Waals surface area contributed by atoms with E-state index in [4.69, 9.17) is 5.11 Å². The maximum absolute atomic E-state index is 9.01. The SMILES string of the molecule is OC[C@@H]1NCc2cc(Br)ccc21. The van der Waals surface area contributed by atoms with Gasteiger partial charge in [0.1, 0.15) is 0 Å². The van der Waals surface area contributed by atoms with Crippen LogP contribution in [0.1, 0.15) is 17.2 Å². The van der Waals surface area contributed by atoms with Gasteiger partial charge in [0.25, 0.3) is 0 Å². The van der Waals surface area contributed by atoms with Gasteiger partial charge in [-0.15, -0.1) is 0 Å². The average Bonchev–Trinajstić information content (AvgIpc) is 2.46. The first-order valence-electron chi connectivity index (χ1n) is 3.94. The van der Waals surface area contributed by atoms with E-state index in [1.807, 2.05) is 6.07 Å². The Labute approximate surface area is 79.7 Å². The molecule has 0 spiro atoms. The number of rotatable bonds is 1. The highest BCUT2D eigenvalue weighted by Gasteiger charge is 2.20. The largest absolute Gasteiger partial charge is 0.394 e. The molecule has 0 unspecified atom stereocenters. The highest BCUT2D eigenvalue weighted by Crippen LogP contribution is 2.27. The molecule has 12 heavy (non-hydrogen) atoms. The smallest absolute Gasteiger partial charge is 0.0626 e. The Morgan fingerprint density at radius 3 is 3.17 bits per heavy atom. The van der Waals surface area contributed by atoms with Gasteiger partial charge in [-0.3, -0.25) is 0 Å². The molecule has 0 amide bonds. The molecule has 0 aliphatic carbocycles. The Kier molecular flexibility index (Phi) is 2.17. The molecule has 0 saturated heterocycles. The maximum atomic E-state index is 9.01. The predicted molar refractivity (Wildman–Crippen MR) is 50.8 cm³/mol. The molecule has 1 heterocycles. The van der Waals surface area contributed by atoms with Crippen LogP contribution in [0.2, 0.25) is 0 Å². The molecular weight excluding hydrogens is 218 g/mol. The molecule has 1 aromatic carbocycles. The van der Waals surface area contributed by atoms with Crippen LogP contribution < -0.4 is 5.32 Å². The molecule has 2 rings (SSSR count). The third kappa shape index (κ3) is 1.28. The van der Waals surface area contributed by atoms with Crippen molar-refractivity contribution in [1.82, 2.24) is 5.32 Å². The molecule has 2 N–H and O–H groups in total. The fourth-order valence-corrected chi connectivity index (χ4v) is 1.98. The normalized spacial score (nSPS) is 21.0. The summed E-state index contributed by atoms with van der Waals surface area (Å²) in [7, 11) is 0. The first-order valence-corrected chi connectivity index (χ1v) is 4.73. The topological polar surface area (TPSA) is 32.3 Å². The van der Waals surface area contributed by atoms with E-state index < -0.39 is 0 Å². The zero-order chi connectivity index (χ0) is 8.55. The summed E-state index contributed by atoms with van der Waals surface area (Å²) in [6.45, 7) is 1.04. The van der Waals surface area contributed by atoms with Crippen molar-refractivity contribution in [1.29, 1.82) is 0 Å². The monoisotopic (exact) mass is 227 g/mol. The molecule has 1 aliphatic heterocycles. The lowest BCUT2D eigenvalue weighted by Gasteiger charge is -2.06. The molecule has 1 atom stereocenters. The highest BCUT2D eigenvalue weighted by atomic mass is 79.9. The number of fused-ring (bicyclic) bond motifs is 1. The number of hydrogen-bond acceptors (Lipinski definition) is 2. The minimum Gasteiger partial charge on any atom is -0.394 e. The van der Waals surface area contributed by atoms with Gasteiger partial charge in [0.05, 0.1) is 12.6 Å². The number of aliphatic hydroxyl groups excluding tert-OH is 1. The van der Waals surface area contributed by atoms with Crippen LogP contribution in [0.3, 0.4) is 0 Å². The molecule has 3 heteroatoms. The van der Waals surface area contributed by atoms with Crippen molar-refractivity contribution in [2.75, 3.05) is 6.61 Å². The van der Waals surface area contributed by atoms with Crippen LogP contribution in [0.15, 0.2) is 22.7 Å².